The maximum absolute atomic E-state index is 12.4. The Bertz CT molecular complexity index is 801. The van der Waals surface area contributed by atoms with Crippen LogP contribution < -0.4 is 5.32 Å². The Balaban J connectivity index is 1.79. The van der Waals surface area contributed by atoms with E-state index in [9.17, 15) is 9.32 Å². The maximum atomic E-state index is 12.4. The molecule has 1 fully saturated rings. The summed E-state index contributed by atoms with van der Waals surface area (Å²) in [5.74, 6) is 1.78. The van der Waals surface area contributed by atoms with Crippen LogP contribution in [0.4, 0.5) is 5.82 Å². The highest BCUT2D eigenvalue weighted by Gasteiger charge is 2.38. The number of fused-ring (bicyclic) bond motifs is 1. The van der Waals surface area contributed by atoms with Crippen molar-refractivity contribution in [1.82, 2.24) is 9.97 Å². The molecule has 1 aromatic heterocycles. The standard InChI is InChI=1S/C17H18ClN3O2S/c18-12-4-2-11(3-5-12)15-19-13-6-9-24(23)14(13)16(20-15)21-17(10-22)7-1-8-17/h2-5,22H,1,6-10H2,(H,19,20,21)/t24-/m0/s1. The molecule has 7 heteroatoms. The zero-order chi connectivity index (χ0) is 16.7. The van der Waals surface area contributed by atoms with E-state index in [4.69, 9.17) is 11.6 Å². The van der Waals surface area contributed by atoms with Crippen LogP contribution in [-0.2, 0) is 17.2 Å². The minimum Gasteiger partial charge on any atom is -0.394 e. The lowest BCUT2D eigenvalue weighted by Crippen LogP contribution is -2.48. The highest BCUT2D eigenvalue weighted by atomic mass is 35.5. The minimum absolute atomic E-state index is 0.0503. The Labute approximate surface area is 147 Å². The molecule has 2 aromatic rings. The van der Waals surface area contributed by atoms with Crippen molar-refractivity contribution in [1.29, 1.82) is 0 Å². The Morgan fingerprint density at radius 3 is 2.62 bits per heavy atom. The van der Waals surface area contributed by atoms with Crippen LogP contribution in [-0.4, -0.2) is 37.2 Å². The number of rotatable bonds is 4. The topological polar surface area (TPSA) is 75.1 Å². The number of nitrogens with one attached hydrogen (secondary N) is 1. The first-order valence-corrected chi connectivity index (χ1v) is 9.74. The zero-order valence-corrected chi connectivity index (χ0v) is 14.7. The number of benzene rings is 1. The largest absolute Gasteiger partial charge is 0.394 e. The van der Waals surface area contributed by atoms with Gasteiger partial charge in [0.15, 0.2) is 5.82 Å². The first-order valence-electron chi connectivity index (χ1n) is 8.04. The lowest BCUT2D eigenvalue weighted by atomic mass is 9.77. The second kappa shape index (κ2) is 6.10. The van der Waals surface area contributed by atoms with E-state index >= 15 is 0 Å². The minimum atomic E-state index is -1.08. The van der Waals surface area contributed by atoms with Crippen LogP contribution in [0.15, 0.2) is 29.2 Å². The third kappa shape index (κ3) is 2.72. The molecule has 0 spiro atoms. The number of nitrogens with zero attached hydrogens (tertiary/aromatic N) is 2. The molecule has 1 aromatic carbocycles. The third-order valence-corrected chi connectivity index (χ3v) is 6.50. The maximum Gasteiger partial charge on any atom is 0.161 e. The summed E-state index contributed by atoms with van der Waals surface area (Å²) in [4.78, 5) is 9.96. The second-order valence-corrected chi connectivity index (χ2v) is 8.34. The van der Waals surface area contributed by atoms with E-state index in [1.807, 2.05) is 12.1 Å². The van der Waals surface area contributed by atoms with Crippen molar-refractivity contribution in [2.75, 3.05) is 17.7 Å². The van der Waals surface area contributed by atoms with E-state index in [-0.39, 0.29) is 12.1 Å². The summed E-state index contributed by atoms with van der Waals surface area (Å²) in [7, 11) is -1.08. The lowest BCUT2D eigenvalue weighted by Gasteiger charge is -2.41. The lowest BCUT2D eigenvalue weighted by molar-refractivity contribution is 0.143. The van der Waals surface area contributed by atoms with E-state index in [1.54, 1.807) is 12.1 Å². The van der Waals surface area contributed by atoms with Gasteiger partial charge in [0.1, 0.15) is 10.7 Å². The van der Waals surface area contributed by atoms with Gasteiger partial charge in [0.2, 0.25) is 0 Å². The molecular formula is C17H18ClN3O2S. The van der Waals surface area contributed by atoms with Crippen molar-refractivity contribution >= 4 is 28.2 Å². The van der Waals surface area contributed by atoms with Gasteiger partial charge in [-0.15, -0.1) is 0 Å². The van der Waals surface area contributed by atoms with Crippen LogP contribution in [0.5, 0.6) is 0 Å². The molecule has 1 aliphatic heterocycles. The first-order chi connectivity index (χ1) is 11.6. The van der Waals surface area contributed by atoms with Crippen molar-refractivity contribution in [2.45, 2.75) is 36.1 Å². The molecule has 1 saturated carbocycles. The van der Waals surface area contributed by atoms with E-state index in [0.717, 1.165) is 30.5 Å². The van der Waals surface area contributed by atoms with E-state index < -0.39 is 10.8 Å². The van der Waals surface area contributed by atoms with Gasteiger partial charge in [0.25, 0.3) is 0 Å². The molecule has 1 atom stereocenters. The average molecular weight is 364 g/mol. The molecule has 24 heavy (non-hydrogen) atoms. The Morgan fingerprint density at radius 2 is 2.00 bits per heavy atom. The van der Waals surface area contributed by atoms with Gasteiger partial charge in [-0.05, 0) is 43.5 Å². The van der Waals surface area contributed by atoms with Crippen molar-refractivity contribution in [3.05, 3.63) is 35.0 Å². The first kappa shape index (κ1) is 16.0. The van der Waals surface area contributed by atoms with Crippen molar-refractivity contribution < 1.29 is 9.32 Å². The molecule has 2 aliphatic rings. The summed E-state index contributed by atoms with van der Waals surface area (Å²) in [6.07, 6.45) is 3.55. The van der Waals surface area contributed by atoms with Gasteiger partial charge in [-0.2, -0.15) is 0 Å². The Morgan fingerprint density at radius 1 is 1.25 bits per heavy atom. The number of aliphatic hydroxyl groups is 1. The molecule has 0 bridgehead atoms. The average Bonchev–Trinajstić information content (AvgIpc) is 2.93. The van der Waals surface area contributed by atoms with Crippen LogP contribution in [0.25, 0.3) is 11.4 Å². The molecule has 0 radical (unpaired) electrons. The van der Waals surface area contributed by atoms with Gasteiger partial charge in [-0.3, -0.25) is 4.21 Å². The summed E-state index contributed by atoms with van der Waals surface area (Å²) >= 11 is 5.95. The molecule has 1 aliphatic carbocycles. The smallest absolute Gasteiger partial charge is 0.161 e. The number of hydrogen-bond donors (Lipinski definition) is 2. The van der Waals surface area contributed by atoms with Crippen LogP contribution in [0.1, 0.15) is 25.0 Å². The fraction of sp³-hybridized carbons (Fsp3) is 0.412. The molecule has 0 saturated heterocycles. The number of aromatic nitrogens is 2. The summed E-state index contributed by atoms with van der Waals surface area (Å²) in [5.41, 5.74) is 1.37. The number of hydrogen-bond acceptors (Lipinski definition) is 5. The second-order valence-electron chi connectivity index (χ2n) is 6.40. The van der Waals surface area contributed by atoms with Crippen LogP contribution in [0, 0.1) is 0 Å². The quantitative estimate of drug-likeness (QED) is 0.873. The van der Waals surface area contributed by atoms with Crippen LogP contribution in [0.2, 0.25) is 5.02 Å². The van der Waals surface area contributed by atoms with Gasteiger partial charge in [0.05, 0.1) is 28.6 Å². The monoisotopic (exact) mass is 363 g/mol. The summed E-state index contributed by atoms with van der Waals surface area (Å²) in [6, 6.07) is 7.37. The fourth-order valence-corrected chi connectivity index (χ4v) is 4.62. The van der Waals surface area contributed by atoms with Gasteiger partial charge >= 0.3 is 0 Å². The van der Waals surface area contributed by atoms with Gasteiger partial charge < -0.3 is 10.4 Å². The highest BCUT2D eigenvalue weighted by molar-refractivity contribution is 7.85. The van der Waals surface area contributed by atoms with Crippen molar-refractivity contribution in [2.24, 2.45) is 0 Å². The number of halogens is 1. The molecule has 2 heterocycles. The van der Waals surface area contributed by atoms with Gasteiger partial charge in [0, 0.05) is 22.8 Å². The van der Waals surface area contributed by atoms with E-state index in [0.29, 0.717) is 33.7 Å². The number of aryl methyl sites for hydroxylation is 1. The predicted octanol–water partition coefficient (Wildman–Crippen LogP) is 2.79. The van der Waals surface area contributed by atoms with Crippen LogP contribution >= 0.6 is 11.6 Å². The van der Waals surface area contributed by atoms with Gasteiger partial charge in [-0.1, -0.05) is 11.6 Å². The summed E-state index contributed by atoms with van der Waals surface area (Å²) < 4.78 is 12.4. The van der Waals surface area contributed by atoms with E-state index in [2.05, 4.69) is 15.3 Å². The zero-order valence-electron chi connectivity index (χ0n) is 13.1. The molecule has 5 nitrogen and oxygen atoms in total. The molecule has 0 unspecified atom stereocenters. The molecule has 0 amide bonds. The number of aliphatic hydroxyl groups excluding tert-OH is 1. The Hall–Kier alpha value is -1.50. The third-order valence-electron chi connectivity index (χ3n) is 4.79. The molecular weight excluding hydrogens is 346 g/mol. The fourth-order valence-electron chi connectivity index (χ4n) is 3.19. The molecule has 4 rings (SSSR count). The van der Waals surface area contributed by atoms with Gasteiger partial charge in [-0.25, -0.2) is 9.97 Å². The normalized spacial score (nSPS) is 21.2. The van der Waals surface area contributed by atoms with E-state index in [1.165, 1.54) is 0 Å². The summed E-state index contributed by atoms with van der Waals surface area (Å²) in [5, 5.41) is 13.8. The summed E-state index contributed by atoms with van der Waals surface area (Å²) in [6.45, 7) is 0.0503. The number of anilines is 1. The van der Waals surface area contributed by atoms with Crippen molar-refractivity contribution in [3.8, 4) is 11.4 Å². The highest BCUT2D eigenvalue weighted by Crippen LogP contribution is 2.38. The Kier molecular flexibility index (Phi) is 4.06. The SMILES string of the molecule is O=[S@]1CCc2nc(-c3ccc(Cl)cc3)nc(NC3(CO)CCC3)c21. The molecule has 126 valence electrons. The molecule has 2 N–H and O–H groups in total. The van der Waals surface area contributed by atoms with Crippen molar-refractivity contribution in [3.63, 3.8) is 0 Å². The predicted molar refractivity (Wildman–Crippen MR) is 94.7 cm³/mol. The van der Waals surface area contributed by atoms with Crippen LogP contribution in [0.3, 0.4) is 0 Å².